The molecule has 0 radical (unpaired) electrons. The molecule has 1 aliphatic rings. The summed E-state index contributed by atoms with van der Waals surface area (Å²) in [6.45, 7) is 2.09. The Morgan fingerprint density at radius 2 is 1.90 bits per heavy atom. The molecule has 0 bridgehead atoms. The molecule has 0 saturated carbocycles. The van der Waals surface area contributed by atoms with Gasteiger partial charge < -0.3 is 0 Å². The number of hydrogen-bond acceptors (Lipinski definition) is 7. The lowest BCUT2D eigenvalue weighted by Gasteiger charge is -2.30. The zero-order valence-electron chi connectivity index (χ0n) is 15.8. The highest BCUT2D eigenvalue weighted by atomic mass is 32.2. The summed E-state index contributed by atoms with van der Waals surface area (Å²) in [4.78, 5) is 21.9. The lowest BCUT2D eigenvalue weighted by molar-refractivity contribution is -0.393. The maximum atomic E-state index is 11.3. The quantitative estimate of drug-likeness (QED) is 0.276. The average Bonchev–Trinajstić information content (AvgIpc) is 2.68. The second kappa shape index (κ2) is 8.87. The molecule has 1 aliphatic carbocycles. The normalized spacial score (nSPS) is 19.0. The molecule has 0 aromatic heterocycles. The number of nitro benzene ring substituents is 2. The van der Waals surface area contributed by atoms with E-state index >= 15 is 0 Å². The second-order valence-corrected chi connectivity index (χ2v) is 8.24. The van der Waals surface area contributed by atoms with E-state index in [1.807, 2.05) is 30.3 Å². The number of hydrogen-bond donors (Lipinski definition) is 1. The van der Waals surface area contributed by atoms with Gasteiger partial charge in [-0.3, -0.25) is 25.7 Å². The molecule has 3 rings (SSSR count). The van der Waals surface area contributed by atoms with Crippen LogP contribution in [0.4, 0.5) is 17.1 Å². The summed E-state index contributed by atoms with van der Waals surface area (Å²) in [5, 5.41) is 26.4. The third-order valence-corrected chi connectivity index (χ3v) is 5.85. The summed E-state index contributed by atoms with van der Waals surface area (Å²) in [6.07, 6.45) is 6.89. The van der Waals surface area contributed by atoms with Crippen LogP contribution in [0.25, 0.3) is 0 Å². The maximum absolute atomic E-state index is 11.3. The van der Waals surface area contributed by atoms with Crippen LogP contribution >= 0.6 is 11.8 Å². The number of nitro groups is 2. The van der Waals surface area contributed by atoms with Gasteiger partial charge in [0.25, 0.3) is 5.69 Å². The maximum Gasteiger partial charge on any atom is 0.301 e. The van der Waals surface area contributed by atoms with E-state index in [2.05, 4.69) is 23.5 Å². The van der Waals surface area contributed by atoms with E-state index in [4.69, 9.17) is 0 Å². The molecule has 8 nitrogen and oxygen atoms in total. The van der Waals surface area contributed by atoms with Gasteiger partial charge in [-0.2, -0.15) is 5.10 Å². The van der Waals surface area contributed by atoms with Gasteiger partial charge in [0.2, 0.25) is 0 Å². The summed E-state index contributed by atoms with van der Waals surface area (Å²) in [7, 11) is 0. The number of hydrazone groups is 1. The first-order chi connectivity index (χ1) is 13.9. The molecular formula is C20H20N4O4S. The topological polar surface area (TPSA) is 111 Å². The lowest BCUT2D eigenvalue weighted by Crippen LogP contribution is -2.27. The van der Waals surface area contributed by atoms with Gasteiger partial charge in [-0.05, 0) is 44.4 Å². The van der Waals surface area contributed by atoms with Crippen molar-refractivity contribution in [2.75, 3.05) is 5.43 Å². The van der Waals surface area contributed by atoms with Crippen molar-refractivity contribution in [1.29, 1.82) is 0 Å². The number of non-ortho nitro benzene ring substituents is 1. The van der Waals surface area contributed by atoms with Crippen molar-refractivity contribution in [1.82, 2.24) is 0 Å². The van der Waals surface area contributed by atoms with E-state index in [0.717, 1.165) is 30.2 Å². The van der Waals surface area contributed by atoms with E-state index < -0.39 is 15.5 Å². The standard InChI is InChI=1S/C20H20N4O4S/c1-15-6-5-11-20(13-15,29-17-7-3-2-4-8-17)14-21-22-18-10-9-16(23(25)26)12-19(18)24(27)28/h2-4,7-10,12-14,22H,5-6,11H2,1H3. The van der Waals surface area contributed by atoms with Crippen molar-refractivity contribution in [3.05, 3.63) is 80.4 Å². The molecule has 150 valence electrons. The smallest absolute Gasteiger partial charge is 0.272 e. The Labute approximate surface area is 172 Å². The summed E-state index contributed by atoms with van der Waals surface area (Å²) in [6, 6.07) is 13.4. The molecule has 1 N–H and O–H groups in total. The van der Waals surface area contributed by atoms with E-state index in [-0.39, 0.29) is 16.1 Å². The molecule has 0 amide bonds. The van der Waals surface area contributed by atoms with Crippen molar-refractivity contribution in [3.63, 3.8) is 0 Å². The van der Waals surface area contributed by atoms with Crippen molar-refractivity contribution >= 4 is 35.0 Å². The molecule has 2 aromatic carbocycles. The Kier molecular flexibility index (Phi) is 6.28. The Balaban J connectivity index is 1.86. The Bertz CT molecular complexity index is 978. The zero-order valence-corrected chi connectivity index (χ0v) is 16.6. The molecule has 1 unspecified atom stereocenters. The number of nitrogens with one attached hydrogen (secondary N) is 1. The molecular weight excluding hydrogens is 392 g/mol. The van der Waals surface area contributed by atoms with Gasteiger partial charge in [0, 0.05) is 17.2 Å². The molecule has 0 spiro atoms. The molecule has 0 heterocycles. The number of nitrogens with zero attached hydrogens (tertiary/aromatic N) is 3. The minimum absolute atomic E-state index is 0.105. The summed E-state index contributed by atoms with van der Waals surface area (Å²) in [5.41, 5.74) is 3.34. The third-order valence-electron chi connectivity index (χ3n) is 4.54. The zero-order chi connectivity index (χ0) is 20.9. The molecule has 0 fully saturated rings. The number of benzene rings is 2. The predicted octanol–water partition coefficient (Wildman–Crippen LogP) is 5.56. The first-order valence-corrected chi connectivity index (χ1v) is 9.86. The Hall–Kier alpha value is -3.20. The number of thioether (sulfide) groups is 1. The SMILES string of the molecule is CC1=CC(C=NNc2ccc([N+](=O)[O-])cc2[N+](=O)[O-])(Sc2ccccc2)CCC1. The van der Waals surface area contributed by atoms with Gasteiger partial charge in [0.15, 0.2) is 0 Å². The fraction of sp³-hybridized carbons (Fsp3) is 0.250. The van der Waals surface area contributed by atoms with Crippen LogP contribution in [0, 0.1) is 20.2 Å². The van der Waals surface area contributed by atoms with Crippen LogP contribution < -0.4 is 5.43 Å². The fourth-order valence-corrected chi connectivity index (χ4v) is 4.56. The number of anilines is 1. The predicted molar refractivity (Wildman–Crippen MR) is 115 cm³/mol. The van der Waals surface area contributed by atoms with Crippen LogP contribution in [0.2, 0.25) is 0 Å². The molecule has 29 heavy (non-hydrogen) atoms. The summed E-state index contributed by atoms with van der Waals surface area (Å²) in [5.74, 6) is 0. The Morgan fingerprint density at radius 3 is 2.55 bits per heavy atom. The van der Waals surface area contributed by atoms with Gasteiger partial charge in [-0.15, -0.1) is 11.8 Å². The van der Waals surface area contributed by atoms with Crippen LogP contribution in [0.1, 0.15) is 26.2 Å². The van der Waals surface area contributed by atoms with Gasteiger partial charge in [-0.1, -0.05) is 29.8 Å². The summed E-state index contributed by atoms with van der Waals surface area (Å²) < 4.78 is -0.369. The van der Waals surface area contributed by atoms with Gasteiger partial charge in [-0.25, -0.2) is 0 Å². The minimum Gasteiger partial charge on any atom is -0.272 e. The average molecular weight is 412 g/mol. The molecule has 2 aromatic rings. The molecule has 1 atom stereocenters. The van der Waals surface area contributed by atoms with Gasteiger partial charge in [0.05, 0.1) is 20.7 Å². The molecule has 0 aliphatic heterocycles. The third kappa shape index (κ3) is 5.20. The van der Waals surface area contributed by atoms with Crippen molar-refractivity contribution in [2.24, 2.45) is 5.10 Å². The summed E-state index contributed by atoms with van der Waals surface area (Å²) >= 11 is 1.68. The van der Waals surface area contributed by atoms with E-state index in [1.165, 1.54) is 17.7 Å². The van der Waals surface area contributed by atoms with E-state index in [1.54, 1.807) is 18.0 Å². The van der Waals surface area contributed by atoms with E-state index in [0.29, 0.717) is 0 Å². The first-order valence-electron chi connectivity index (χ1n) is 9.04. The highest BCUT2D eigenvalue weighted by Crippen LogP contribution is 2.41. The van der Waals surface area contributed by atoms with Gasteiger partial charge >= 0.3 is 5.69 Å². The van der Waals surface area contributed by atoms with Crippen LogP contribution in [-0.4, -0.2) is 20.8 Å². The monoisotopic (exact) mass is 412 g/mol. The van der Waals surface area contributed by atoms with Crippen molar-refractivity contribution < 1.29 is 9.85 Å². The molecule has 9 heteroatoms. The van der Waals surface area contributed by atoms with Gasteiger partial charge in [0.1, 0.15) is 5.69 Å². The first kappa shape index (κ1) is 20.5. The Morgan fingerprint density at radius 1 is 1.14 bits per heavy atom. The number of allylic oxidation sites excluding steroid dienone is 1. The fourth-order valence-electron chi connectivity index (χ4n) is 3.21. The van der Waals surface area contributed by atoms with Crippen LogP contribution in [0.5, 0.6) is 0 Å². The van der Waals surface area contributed by atoms with E-state index in [9.17, 15) is 20.2 Å². The minimum atomic E-state index is -0.666. The highest BCUT2D eigenvalue weighted by Gasteiger charge is 2.30. The van der Waals surface area contributed by atoms with Crippen molar-refractivity contribution in [2.45, 2.75) is 35.8 Å². The lowest BCUT2D eigenvalue weighted by atomic mass is 9.91. The van der Waals surface area contributed by atoms with Crippen molar-refractivity contribution in [3.8, 4) is 0 Å². The second-order valence-electron chi connectivity index (χ2n) is 6.80. The molecule has 0 saturated heterocycles. The van der Waals surface area contributed by atoms with Crippen LogP contribution in [0.15, 0.2) is 70.2 Å². The largest absolute Gasteiger partial charge is 0.301 e. The van der Waals surface area contributed by atoms with Crippen LogP contribution in [-0.2, 0) is 0 Å². The van der Waals surface area contributed by atoms with Crippen LogP contribution in [0.3, 0.4) is 0 Å². The highest BCUT2D eigenvalue weighted by molar-refractivity contribution is 8.01. The number of rotatable bonds is 7.